The first kappa shape index (κ1) is 23.1. The van der Waals surface area contributed by atoms with Gasteiger partial charge >= 0.3 is 5.97 Å². The first-order valence-corrected chi connectivity index (χ1v) is 10.3. The maximum atomic E-state index is 13.1. The number of rotatable bonds is 6. The van der Waals surface area contributed by atoms with E-state index in [1.54, 1.807) is 0 Å². The largest absolute Gasteiger partial charge is 0.449 e. The quantitative estimate of drug-likeness (QED) is 0.662. The minimum Gasteiger partial charge on any atom is -0.449 e. The number of nitrogens with zero attached hydrogens (tertiary/aromatic N) is 1. The number of ether oxygens (including phenoxy) is 1. The van der Waals surface area contributed by atoms with Crippen molar-refractivity contribution in [1.82, 2.24) is 4.31 Å². The molecule has 0 heterocycles. The lowest BCUT2D eigenvalue weighted by Crippen LogP contribution is -2.30. The predicted molar refractivity (Wildman–Crippen MR) is 107 cm³/mol. The highest BCUT2D eigenvalue weighted by atomic mass is 35.5. The van der Waals surface area contributed by atoms with Gasteiger partial charge in [-0.3, -0.25) is 4.79 Å². The van der Waals surface area contributed by atoms with E-state index in [2.05, 4.69) is 5.32 Å². The van der Waals surface area contributed by atoms with Crippen molar-refractivity contribution in [2.75, 3.05) is 19.4 Å². The Hall–Kier alpha value is -2.20. The van der Waals surface area contributed by atoms with Crippen LogP contribution in [0.15, 0.2) is 41.3 Å². The molecule has 1 atom stereocenters. The van der Waals surface area contributed by atoms with Crippen LogP contribution >= 0.6 is 23.2 Å². The standard InChI is InChI=1S/C18H17Cl2FN2O5S/c1-10(17(24)22-16-7-4-11(21)8-15(16)20)28-18(25)13-9-12(5-6-14(13)19)29(26,27)23(2)3/h4-10H,1-3H3,(H,22,24)/t10-/m0/s1. The topological polar surface area (TPSA) is 92.8 Å². The number of hydrogen-bond donors (Lipinski definition) is 1. The third kappa shape index (κ3) is 5.45. The fraction of sp³-hybridized carbons (Fsp3) is 0.222. The number of anilines is 1. The molecule has 0 fully saturated rings. The van der Waals surface area contributed by atoms with Crippen LogP contribution in [0.4, 0.5) is 10.1 Å². The smallest absolute Gasteiger partial charge is 0.340 e. The molecule has 0 spiro atoms. The molecule has 2 aromatic carbocycles. The van der Waals surface area contributed by atoms with Gasteiger partial charge < -0.3 is 10.1 Å². The summed E-state index contributed by atoms with van der Waals surface area (Å²) in [5, 5.41) is 2.34. The Bertz CT molecular complexity index is 1060. The average molecular weight is 463 g/mol. The number of benzene rings is 2. The van der Waals surface area contributed by atoms with Crippen LogP contribution in [0.5, 0.6) is 0 Å². The molecule has 0 unspecified atom stereocenters. The van der Waals surface area contributed by atoms with Gasteiger partial charge in [-0.25, -0.2) is 21.9 Å². The van der Waals surface area contributed by atoms with Gasteiger partial charge in [-0.15, -0.1) is 0 Å². The van der Waals surface area contributed by atoms with E-state index >= 15 is 0 Å². The number of hydrogen-bond acceptors (Lipinski definition) is 5. The fourth-order valence-electron chi connectivity index (χ4n) is 2.13. The number of nitrogens with one attached hydrogen (secondary N) is 1. The number of halogens is 3. The lowest BCUT2D eigenvalue weighted by atomic mass is 10.2. The zero-order chi connectivity index (χ0) is 21.9. The third-order valence-electron chi connectivity index (χ3n) is 3.78. The van der Waals surface area contributed by atoms with Gasteiger partial charge in [0, 0.05) is 14.1 Å². The van der Waals surface area contributed by atoms with E-state index in [4.69, 9.17) is 27.9 Å². The van der Waals surface area contributed by atoms with E-state index in [9.17, 15) is 22.4 Å². The molecule has 7 nitrogen and oxygen atoms in total. The van der Waals surface area contributed by atoms with Crippen molar-refractivity contribution < 1.29 is 27.1 Å². The summed E-state index contributed by atoms with van der Waals surface area (Å²) in [6.07, 6.45) is -1.27. The minimum atomic E-state index is -3.80. The summed E-state index contributed by atoms with van der Waals surface area (Å²) in [5.41, 5.74) is -0.0767. The molecule has 0 aromatic heterocycles. The van der Waals surface area contributed by atoms with Gasteiger partial charge in [-0.1, -0.05) is 23.2 Å². The number of esters is 1. The molecule has 1 N–H and O–H groups in total. The van der Waals surface area contributed by atoms with E-state index < -0.39 is 33.8 Å². The minimum absolute atomic E-state index is 0.0264. The predicted octanol–water partition coefficient (Wildman–Crippen LogP) is 3.57. The monoisotopic (exact) mass is 462 g/mol. The number of carbonyl (C=O) groups excluding carboxylic acids is 2. The lowest BCUT2D eigenvalue weighted by Gasteiger charge is -2.16. The molecule has 0 aliphatic heterocycles. The van der Waals surface area contributed by atoms with Gasteiger partial charge in [0.1, 0.15) is 5.82 Å². The number of amides is 1. The summed E-state index contributed by atoms with van der Waals surface area (Å²) in [6.45, 7) is 1.30. The maximum absolute atomic E-state index is 13.1. The average Bonchev–Trinajstić information content (AvgIpc) is 2.63. The van der Waals surface area contributed by atoms with E-state index in [0.29, 0.717) is 0 Å². The molecule has 0 radical (unpaired) electrons. The summed E-state index contributed by atoms with van der Waals surface area (Å²) >= 11 is 11.8. The normalized spacial score (nSPS) is 12.5. The van der Waals surface area contributed by atoms with E-state index in [1.807, 2.05) is 0 Å². The fourth-order valence-corrected chi connectivity index (χ4v) is 3.47. The van der Waals surface area contributed by atoms with Gasteiger partial charge in [0.2, 0.25) is 10.0 Å². The molecule has 0 saturated heterocycles. The first-order chi connectivity index (χ1) is 13.4. The van der Waals surface area contributed by atoms with Crippen molar-refractivity contribution in [1.29, 1.82) is 0 Å². The Morgan fingerprint density at radius 3 is 2.34 bits per heavy atom. The van der Waals surface area contributed by atoms with Crippen LogP contribution in [0.3, 0.4) is 0 Å². The van der Waals surface area contributed by atoms with Crippen LogP contribution in [0.25, 0.3) is 0 Å². The number of sulfonamides is 1. The zero-order valence-electron chi connectivity index (χ0n) is 15.6. The van der Waals surface area contributed by atoms with Gasteiger partial charge in [0.05, 0.1) is 26.2 Å². The Morgan fingerprint density at radius 1 is 1.10 bits per heavy atom. The summed E-state index contributed by atoms with van der Waals surface area (Å²) in [7, 11) is -1.12. The van der Waals surface area contributed by atoms with Crippen molar-refractivity contribution in [3.8, 4) is 0 Å². The molecule has 0 aliphatic rings. The number of carbonyl (C=O) groups is 2. The Labute approximate surface area is 177 Å². The molecular formula is C18H17Cl2FN2O5S. The summed E-state index contributed by atoms with van der Waals surface area (Å²) in [4.78, 5) is 24.5. The van der Waals surface area contributed by atoms with Gasteiger partial charge in [0.25, 0.3) is 5.91 Å². The van der Waals surface area contributed by atoms with Crippen molar-refractivity contribution in [3.63, 3.8) is 0 Å². The molecule has 2 aromatic rings. The van der Waals surface area contributed by atoms with Gasteiger partial charge in [0.15, 0.2) is 6.10 Å². The Kier molecular flexibility index (Phi) is 7.23. The molecule has 29 heavy (non-hydrogen) atoms. The van der Waals surface area contributed by atoms with Gasteiger partial charge in [-0.2, -0.15) is 0 Å². The van der Waals surface area contributed by atoms with Crippen LogP contribution in [0.2, 0.25) is 10.0 Å². The molecule has 0 saturated carbocycles. The Balaban J connectivity index is 2.17. The second-order valence-corrected chi connectivity index (χ2v) is 9.06. The van der Waals surface area contributed by atoms with Crippen molar-refractivity contribution in [3.05, 3.63) is 57.8 Å². The van der Waals surface area contributed by atoms with Gasteiger partial charge in [-0.05, 0) is 43.3 Å². The Morgan fingerprint density at radius 2 is 1.76 bits per heavy atom. The molecule has 0 bridgehead atoms. The van der Waals surface area contributed by atoms with Crippen molar-refractivity contribution in [2.45, 2.75) is 17.9 Å². The van der Waals surface area contributed by atoms with Crippen LogP contribution in [-0.4, -0.2) is 44.8 Å². The molecule has 0 aliphatic carbocycles. The van der Waals surface area contributed by atoms with E-state index in [-0.39, 0.29) is 26.2 Å². The SMILES string of the molecule is C[C@H](OC(=O)c1cc(S(=O)(=O)N(C)C)ccc1Cl)C(=O)Nc1ccc(F)cc1Cl. The third-order valence-corrected chi connectivity index (χ3v) is 6.23. The summed E-state index contributed by atoms with van der Waals surface area (Å²) in [6, 6.07) is 6.95. The van der Waals surface area contributed by atoms with E-state index in [0.717, 1.165) is 22.5 Å². The van der Waals surface area contributed by atoms with E-state index in [1.165, 1.54) is 39.2 Å². The van der Waals surface area contributed by atoms with Crippen LogP contribution in [0, 0.1) is 5.82 Å². The van der Waals surface area contributed by atoms with Crippen molar-refractivity contribution in [2.24, 2.45) is 0 Å². The van der Waals surface area contributed by atoms with Crippen LogP contribution in [0.1, 0.15) is 17.3 Å². The lowest BCUT2D eigenvalue weighted by molar-refractivity contribution is -0.123. The second kappa shape index (κ2) is 9.08. The highest BCUT2D eigenvalue weighted by molar-refractivity contribution is 7.89. The molecular weight excluding hydrogens is 446 g/mol. The molecule has 11 heteroatoms. The zero-order valence-corrected chi connectivity index (χ0v) is 17.9. The van der Waals surface area contributed by atoms with Crippen molar-refractivity contribution >= 4 is 50.8 Å². The second-order valence-electron chi connectivity index (χ2n) is 6.09. The molecule has 1 amide bonds. The highest BCUT2D eigenvalue weighted by Gasteiger charge is 2.24. The molecule has 2 rings (SSSR count). The van der Waals surface area contributed by atoms with Crippen LogP contribution in [-0.2, 0) is 19.6 Å². The summed E-state index contributed by atoms with van der Waals surface area (Å²) in [5.74, 6) is -2.28. The van der Waals surface area contributed by atoms with Crippen LogP contribution < -0.4 is 5.32 Å². The summed E-state index contributed by atoms with van der Waals surface area (Å²) < 4.78 is 43.6. The highest BCUT2D eigenvalue weighted by Crippen LogP contribution is 2.25. The molecule has 156 valence electrons. The first-order valence-electron chi connectivity index (χ1n) is 8.12. The maximum Gasteiger partial charge on any atom is 0.340 e.